The van der Waals surface area contributed by atoms with Crippen LogP contribution in [0, 0.1) is 19.8 Å². The topological polar surface area (TPSA) is 70.6 Å². The van der Waals surface area contributed by atoms with Gasteiger partial charge in [-0.05, 0) is 52.1 Å². The Kier molecular flexibility index (Phi) is 7.01. The number of nitrogens with zero attached hydrogens (tertiary/aromatic N) is 4. The number of rotatable bonds is 6. The Morgan fingerprint density at radius 3 is 2.56 bits per heavy atom. The highest BCUT2D eigenvalue weighted by Crippen LogP contribution is 2.25. The zero-order chi connectivity index (χ0) is 19.2. The minimum absolute atomic E-state index is 0.108. The molecule has 2 aliphatic heterocycles. The largest absolute Gasteiger partial charge is 0.383 e. The number of amides is 1. The third kappa shape index (κ3) is 5.39. The second-order valence-electron chi connectivity index (χ2n) is 7.79. The summed E-state index contributed by atoms with van der Waals surface area (Å²) in [6.07, 6.45) is 4.30. The lowest BCUT2D eigenvalue weighted by Crippen LogP contribution is -2.51. The Morgan fingerprint density at radius 1 is 1.19 bits per heavy atom. The number of methoxy groups -OCH3 is 1. The van der Waals surface area contributed by atoms with Gasteiger partial charge in [0, 0.05) is 50.7 Å². The maximum atomic E-state index is 12.4. The standard InChI is InChI=1S/C20H33N5O2/c1-15-13-16(2)23-20(22-15)24-10-6-18(7-11-24)25-9-4-5-17(14-25)19(26)21-8-12-27-3/h13,17-18H,4-12,14H2,1-3H3,(H,21,26)/t17-/m1/s1. The molecule has 1 amide bonds. The molecule has 150 valence electrons. The SMILES string of the molecule is COCCNC(=O)[C@@H]1CCCN(C2CCN(c3nc(C)cc(C)n3)CC2)C1. The van der Waals surface area contributed by atoms with Crippen LogP contribution >= 0.6 is 0 Å². The van der Waals surface area contributed by atoms with Crippen LogP contribution < -0.4 is 10.2 Å². The minimum atomic E-state index is 0.108. The van der Waals surface area contributed by atoms with Crippen molar-refractivity contribution in [2.45, 2.75) is 45.6 Å². The van der Waals surface area contributed by atoms with Gasteiger partial charge in [0.1, 0.15) is 0 Å². The van der Waals surface area contributed by atoms with E-state index in [4.69, 9.17) is 4.74 Å². The molecule has 0 radical (unpaired) electrons. The molecule has 3 rings (SSSR count). The van der Waals surface area contributed by atoms with E-state index in [1.54, 1.807) is 7.11 Å². The lowest BCUT2D eigenvalue weighted by Gasteiger charge is -2.42. The van der Waals surface area contributed by atoms with Gasteiger partial charge in [0.05, 0.1) is 12.5 Å². The van der Waals surface area contributed by atoms with E-state index >= 15 is 0 Å². The summed E-state index contributed by atoms with van der Waals surface area (Å²) in [4.78, 5) is 26.4. The van der Waals surface area contributed by atoms with Crippen LogP contribution in [0.25, 0.3) is 0 Å². The molecule has 1 aromatic heterocycles. The molecule has 1 aromatic rings. The van der Waals surface area contributed by atoms with Gasteiger partial charge >= 0.3 is 0 Å². The number of piperidine rings is 2. The highest BCUT2D eigenvalue weighted by Gasteiger charge is 2.32. The van der Waals surface area contributed by atoms with Gasteiger partial charge in [0.15, 0.2) is 0 Å². The third-order valence-electron chi connectivity index (χ3n) is 5.66. The molecule has 1 atom stereocenters. The van der Waals surface area contributed by atoms with Crippen molar-refractivity contribution >= 4 is 11.9 Å². The number of carbonyl (C=O) groups is 1. The van der Waals surface area contributed by atoms with E-state index in [0.29, 0.717) is 19.2 Å². The molecular weight excluding hydrogens is 342 g/mol. The number of aromatic nitrogens is 2. The van der Waals surface area contributed by atoms with Crippen molar-refractivity contribution in [3.63, 3.8) is 0 Å². The van der Waals surface area contributed by atoms with E-state index in [0.717, 1.165) is 69.2 Å². The molecule has 0 aromatic carbocycles. The summed E-state index contributed by atoms with van der Waals surface area (Å²) in [5, 5.41) is 3.00. The monoisotopic (exact) mass is 375 g/mol. The van der Waals surface area contributed by atoms with E-state index in [-0.39, 0.29) is 11.8 Å². The summed E-state index contributed by atoms with van der Waals surface area (Å²) < 4.78 is 5.02. The average molecular weight is 376 g/mol. The molecule has 0 bridgehead atoms. The molecule has 0 unspecified atom stereocenters. The zero-order valence-corrected chi connectivity index (χ0v) is 16.9. The van der Waals surface area contributed by atoms with Crippen molar-refractivity contribution in [3.8, 4) is 0 Å². The predicted molar refractivity (Wildman–Crippen MR) is 106 cm³/mol. The van der Waals surface area contributed by atoms with Crippen molar-refractivity contribution in [2.24, 2.45) is 5.92 Å². The maximum Gasteiger partial charge on any atom is 0.225 e. The van der Waals surface area contributed by atoms with Gasteiger partial charge in [-0.3, -0.25) is 9.69 Å². The van der Waals surface area contributed by atoms with Crippen LogP contribution in [0.2, 0.25) is 0 Å². The maximum absolute atomic E-state index is 12.4. The molecule has 2 fully saturated rings. The Hall–Kier alpha value is -1.73. The van der Waals surface area contributed by atoms with Gasteiger partial charge in [0.25, 0.3) is 0 Å². The van der Waals surface area contributed by atoms with Gasteiger partial charge in [-0.25, -0.2) is 9.97 Å². The Balaban J connectivity index is 1.50. The molecule has 3 heterocycles. The number of carbonyl (C=O) groups excluding carboxylic acids is 1. The van der Waals surface area contributed by atoms with Crippen LogP contribution in [-0.2, 0) is 9.53 Å². The number of ether oxygens (including phenoxy) is 1. The molecule has 0 aliphatic carbocycles. The average Bonchev–Trinajstić information content (AvgIpc) is 2.67. The molecule has 2 aliphatic rings. The Bertz CT molecular complexity index is 611. The Labute approximate surface area is 162 Å². The van der Waals surface area contributed by atoms with Gasteiger partial charge in [-0.2, -0.15) is 0 Å². The summed E-state index contributed by atoms with van der Waals surface area (Å²) >= 11 is 0. The first-order valence-electron chi connectivity index (χ1n) is 10.1. The van der Waals surface area contributed by atoms with E-state index in [1.807, 2.05) is 19.9 Å². The summed E-state index contributed by atoms with van der Waals surface area (Å²) in [6, 6.07) is 2.57. The van der Waals surface area contributed by atoms with Crippen LogP contribution in [0.5, 0.6) is 0 Å². The number of likely N-dealkylation sites (tertiary alicyclic amines) is 1. The van der Waals surface area contributed by atoms with Gasteiger partial charge < -0.3 is 15.0 Å². The molecule has 1 N–H and O–H groups in total. The van der Waals surface area contributed by atoms with E-state index in [9.17, 15) is 4.79 Å². The fraction of sp³-hybridized carbons (Fsp3) is 0.750. The molecule has 0 spiro atoms. The van der Waals surface area contributed by atoms with Gasteiger partial charge in [-0.1, -0.05) is 0 Å². The van der Waals surface area contributed by atoms with Crippen molar-refractivity contribution in [3.05, 3.63) is 17.5 Å². The smallest absolute Gasteiger partial charge is 0.225 e. The van der Waals surface area contributed by atoms with Crippen LogP contribution in [0.1, 0.15) is 37.1 Å². The Morgan fingerprint density at radius 2 is 1.89 bits per heavy atom. The number of nitrogens with one attached hydrogen (secondary N) is 1. The zero-order valence-electron chi connectivity index (χ0n) is 16.9. The number of aryl methyl sites for hydroxylation is 2. The quantitative estimate of drug-likeness (QED) is 0.761. The minimum Gasteiger partial charge on any atom is -0.383 e. The van der Waals surface area contributed by atoms with E-state index in [2.05, 4.69) is 25.1 Å². The van der Waals surface area contributed by atoms with E-state index in [1.165, 1.54) is 0 Å². The van der Waals surface area contributed by atoms with E-state index < -0.39 is 0 Å². The molecule has 7 nitrogen and oxygen atoms in total. The summed E-state index contributed by atoms with van der Waals surface area (Å²) in [5.74, 6) is 1.15. The van der Waals surface area contributed by atoms with Crippen molar-refractivity contribution in [1.29, 1.82) is 0 Å². The lowest BCUT2D eigenvalue weighted by atomic mass is 9.93. The summed E-state index contributed by atoms with van der Waals surface area (Å²) in [7, 11) is 1.66. The first-order chi connectivity index (χ1) is 13.1. The van der Waals surface area contributed by atoms with Crippen LogP contribution in [0.3, 0.4) is 0 Å². The molecule has 2 saturated heterocycles. The third-order valence-corrected chi connectivity index (χ3v) is 5.66. The number of anilines is 1. The van der Waals surface area contributed by atoms with Crippen molar-refractivity contribution in [1.82, 2.24) is 20.2 Å². The molecule has 27 heavy (non-hydrogen) atoms. The molecule has 0 saturated carbocycles. The van der Waals surface area contributed by atoms with Crippen molar-refractivity contribution in [2.75, 3.05) is 51.3 Å². The highest BCUT2D eigenvalue weighted by atomic mass is 16.5. The molecular formula is C20H33N5O2. The van der Waals surface area contributed by atoms with Crippen molar-refractivity contribution < 1.29 is 9.53 Å². The predicted octanol–water partition coefficient (Wildman–Crippen LogP) is 1.54. The normalized spacial score (nSPS) is 22.0. The second kappa shape index (κ2) is 9.46. The van der Waals surface area contributed by atoms with Crippen LogP contribution in [-0.4, -0.2) is 73.3 Å². The fourth-order valence-corrected chi connectivity index (χ4v) is 4.25. The highest BCUT2D eigenvalue weighted by molar-refractivity contribution is 5.78. The van der Waals surface area contributed by atoms with Gasteiger partial charge in [-0.15, -0.1) is 0 Å². The summed E-state index contributed by atoms with van der Waals surface area (Å²) in [5.41, 5.74) is 2.05. The van der Waals surface area contributed by atoms with Crippen LogP contribution in [0.15, 0.2) is 6.07 Å². The first kappa shape index (κ1) is 20.0. The number of hydrogen-bond donors (Lipinski definition) is 1. The first-order valence-corrected chi connectivity index (χ1v) is 10.1. The second-order valence-corrected chi connectivity index (χ2v) is 7.79. The summed E-state index contributed by atoms with van der Waals surface area (Å²) in [6.45, 7) is 9.16. The molecule has 7 heteroatoms. The van der Waals surface area contributed by atoms with Crippen LogP contribution in [0.4, 0.5) is 5.95 Å². The number of hydrogen-bond acceptors (Lipinski definition) is 6. The fourth-order valence-electron chi connectivity index (χ4n) is 4.25. The lowest BCUT2D eigenvalue weighted by molar-refractivity contribution is -0.127. The van der Waals surface area contributed by atoms with Gasteiger partial charge in [0.2, 0.25) is 11.9 Å².